The third kappa shape index (κ3) is 4.88. The van der Waals surface area contributed by atoms with Crippen LogP contribution >= 0.6 is 11.8 Å². The lowest BCUT2D eigenvalue weighted by molar-refractivity contribution is -0.140. The van der Waals surface area contributed by atoms with Crippen LogP contribution in [0.3, 0.4) is 0 Å². The smallest absolute Gasteiger partial charge is 0.327 e. The standard InChI is InChI=1S/C19H29NO3S/c1-3-4-5-6-7-8-9-10-14(2)15-11-17(21)20-16(19(22)23)13-24-18(20)12-15/h11-12,14,16H,3-10,13H2,1-2H3,(H,22,23). The Bertz CT molecular complexity index is 611. The Balaban J connectivity index is 1.88. The van der Waals surface area contributed by atoms with E-state index in [4.69, 9.17) is 0 Å². The lowest BCUT2D eigenvalue weighted by Gasteiger charge is -2.14. The Labute approximate surface area is 148 Å². The molecule has 1 aromatic rings. The van der Waals surface area contributed by atoms with E-state index in [1.807, 2.05) is 6.07 Å². The summed E-state index contributed by atoms with van der Waals surface area (Å²) in [6.45, 7) is 4.40. The molecule has 0 bridgehead atoms. The van der Waals surface area contributed by atoms with Crippen LogP contribution in [0.25, 0.3) is 0 Å². The van der Waals surface area contributed by atoms with Crippen molar-refractivity contribution in [3.63, 3.8) is 0 Å². The quantitative estimate of drug-likeness (QED) is 0.614. The van der Waals surface area contributed by atoms with Crippen molar-refractivity contribution in [2.75, 3.05) is 5.75 Å². The van der Waals surface area contributed by atoms with Crippen LogP contribution in [-0.2, 0) is 4.79 Å². The van der Waals surface area contributed by atoms with E-state index < -0.39 is 12.0 Å². The van der Waals surface area contributed by atoms with Crippen molar-refractivity contribution >= 4 is 17.7 Å². The summed E-state index contributed by atoms with van der Waals surface area (Å²) in [6, 6.07) is 2.93. The second kappa shape index (κ2) is 9.30. The normalized spacial score (nSPS) is 17.7. The van der Waals surface area contributed by atoms with E-state index in [9.17, 15) is 14.7 Å². The molecule has 1 aliphatic rings. The van der Waals surface area contributed by atoms with Crippen molar-refractivity contribution in [3.05, 3.63) is 28.0 Å². The number of rotatable bonds is 10. The highest BCUT2D eigenvalue weighted by Crippen LogP contribution is 2.34. The molecule has 1 N–H and O–H groups in total. The van der Waals surface area contributed by atoms with E-state index >= 15 is 0 Å². The number of aliphatic carboxylic acids is 1. The Morgan fingerprint density at radius 3 is 2.58 bits per heavy atom. The fraction of sp³-hybridized carbons (Fsp3) is 0.684. The van der Waals surface area contributed by atoms with Gasteiger partial charge in [-0.05, 0) is 24.0 Å². The Hall–Kier alpha value is -1.23. The molecular formula is C19H29NO3S. The molecule has 2 atom stereocenters. The molecule has 0 aromatic carbocycles. The van der Waals surface area contributed by atoms with Crippen molar-refractivity contribution in [2.45, 2.75) is 82.2 Å². The van der Waals surface area contributed by atoms with Gasteiger partial charge in [0.25, 0.3) is 5.56 Å². The number of hydrogen-bond donors (Lipinski definition) is 1. The van der Waals surface area contributed by atoms with Crippen molar-refractivity contribution in [1.82, 2.24) is 4.57 Å². The molecule has 2 unspecified atom stereocenters. The van der Waals surface area contributed by atoms with Crippen LogP contribution in [0.1, 0.15) is 82.7 Å². The predicted molar refractivity (Wildman–Crippen MR) is 99.1 cm³/mol. The van der Waals surface area contributed by atoms with Gasteiger partial charge >= 0.3 is 5.97 Å². The Kier molecular flexibility index (Phi) is 7.40. The van der Waals surface area contributed by atoms with Gasteiger partial charge in [-0.2, -0.15) is 0 Å². The molecule has 0 spiro atoms. The fourth-order valence-electron chi connectivity index (χ4n) is 3.27. The SMILES string of the molecule is CCCCCCCCCC(C)c1cc2n(c(=O)c1)C(C(=O)O)CS2. The van der Waals surface area contributed by atoms with Gasteiger partial charge in [0.2, 0.25) is 0 Å². The van der Waals surface area contributed by atoms with E-state index in [0.29, 0.717) is 11.7 Å². The first-order chi connectivity index (χ1) is 11.5. The van der Waals surface area contributed by atoms with E-state index in [1.165, 1.54) is 61.3 Å². The number of carboxylic acid groups (broad SMARTS) is 1. The predicted octanol–water partition coefficient (Wildman–Crippen LogP) is 4.82. The molecule has 0 saturated heterocycles. The van der Waals surface area contributed by atoms with Crippen molar-refractivity contribution in [2.24, 2.45) is 0 Å². The van der Waals surface area contributed by atoms with Crippen LogP contribution in [0, 0.1) is 0 Å². The number of pyridine rings is 1. The van der Waals surface area contributed by atoms with Gasteiger partial charge in [0.1, 0.15) is 6.04 Å². The molecule has 2 rings (SSSR count). The number of unbranched alkanes of at least 4 members (excludes halogenated alkanes) is 6. The highest BCUT2D eigenvalue weighted by molar-refractivity contribution is 7.99. The summed E-state index contributed by atoms with van der Waals surface area (Å²) in [5, 5.41) is 10.0. The molecule has 134 valence electrons. The zero-order valence-electron chi connectivity index (χ0n) is 14.8. The average molecular weight is 352 g/mol. The van der Waals surface area contributed by atoms with Gasteiger partial charge in [-0.25, -0.2) is 4.79 Å². The van der Waals surface area contributed by atoms with Gasteiger partial charge in [0.15, 0.2) is 0 Å². The van der Waals surface area contributed by atoms with Crippen LogP contribution in [0.4, 0.5) is 0 Å². The summed E-state index contributed by atoms with van der Waals surface area (Å²) in [4.78, 5) is 23.5. The third-order valence-electron chi connectivity index (χ3n) is 4.85. The minimum Gasteiger partial charge on any atom is -0.480 e. The number of thioether (sulfide) groups is 1. The first-order valence-electron chi connectivity index (χ1n) is 9.16. The maximum absolute atomic E-state index is 12.3. The summed E-state index contributed by atoms with van der Waals surface area (Å²) in [6.07, 6.45) is 10.1. The molecule has 0 saturated carbocycles. The van der Waals surface area contributed by atoms with E-state index in [-0.39, 0.29) is 5.56 Å². The van der Waals surface area contributed by atoms with Gasteiger partial charge < -0.3 is 5.11 Å². The lowest BCUT2D eigenvalue weighted by Crippen LogP contribution is -2.28. The highest BCUT2D eigenvalue weighted by atomic mass is 32.2. The zero-order chi connectivity index (χ0) is 17.5. The molecule has 0 amide bonds. The molecule has 2 heterocycles. The molecule has 1 aromatic heterocycles. The topological polar surface area (TPSA) is 59.3 Å². The summed E-state index contributed by atoms with van der Waals surface area (Å²) >= 11 is 1.47. The second-order valence-electron chi connectivity index (χ2n) is 6.81. The number of aromatic nitrogens is 1. The largest absolute Gasteiger partial charge is 0.480 e. The first kappa shape index (κ1) is 19.1. The van der Waals surface area contributed by atoms with Crippen LogP contribution in [0.2, 0.25) is 0 Å². The maximum Gasteiger partial charge on any atom is 0.327 e. The molecular weight excluding hydrogens is 322 g/mol. The first-order valence-corrected chi connectivity index (χ1v) is 10.1. The van der Waals surface area contributed by atoms with Crippen LogP contribution in [0.15, 0.2) is 22.0 Å². The number of carboxylic acids is 1. The van der Waals surface area contributed by atoms with Crippen molar-refractivity contribution < 1.29 is 9.90 Å². The molecule has 0 aliphatic carbocycles. The monoisotopic (exact) mass is 351 g/mol. The van der Waals surface area contributed by atoms with Gasteiger partial charge in [0.05, 0.1) is 5.03 Å². The Morgan fingerprint density at radius 2 is 1.92 bits per heavy atom. The van der Waals surface area contributed by atoms with Crippen LogP contribution < -0.4 is 5.56 Å². The van der Waals surface area contributed by atoms with E-state index in [1.54, 1.807) is 6.07 Å². The number of hydrogen-bond acceptors (Lipinski definition) is 3. The van der Waals surface area contributed by atoms with Crippen LogP contribution in [-0.4, -0.2) is 21.4 Å². The number of carbonyl (C=O) groups is 1. The number of nitrogens with zero attached hydrogens (tertiary/aromatic N) is 1. The van der Waals surface area contributed by atoms with E-state index in [0.717, 1.165) is 17.0 Å². The second-order valence-corrected chi connectivity index (χ2v) is 7.85. The average Bonchev–Trinajstić information content (AvgIpc) is 2.98. The Morgan fingerprint density at radius 1 is 1.25 bits per heavy atom. The summed E-state index contributed by atoms with van der Waals surface area (Å²) in [5.41, 5.74) is 0.877. The minimum atomic E-state index is -0.924. The van der Waals surface area contributed by atoms with Crippen LogP contribution in [0.5, 0.6) is 0 Å². The molecule has 0 radical (unpaired) electrons. The maximum atomic E-state index is 12.3. The van der Waals surface area contributed by atoms with Crippen molar-refractivity contribution in [3.8, 4) is 0 Å². The molecule has 0 fully saturated rings. The summed E-state index contributed by atoms with van der Waals surface area (Å²) in [5.74, 6) is -0.129. The molecule has 24 heavy (non-hydrogen) atoms. The third-order valence-corrected chi connectivity index (χ3v) is 5.94. The van der Waals surface area contributed by atoms with Gasteiger partial charge in [-0.3, -0.25) is 9.36 Å². The van der Waals surface area contributed by atoms with Gasteiger partial charge in [0, 0.05) is 11.8 Å². The molecule has 5 heteroatoms. The summed E-state index contributed by atoms with van der Waals surface area (Å²) in [7, 11) is 0. The van der Waals surface area contributed by atoms with E-state index in [2.05, 4.69) is 13.8 Å². The van der Waals surface area contributed by atoms with Crippen molar-refractivity contribution in [1.29, 1.82) is 0 Å². The van der Waals surface area contributed by atoms with Gasteiger partial charge in [-0.15, -0.1) is 11.8 Å². The fourth-order valence-corrected chi connectivity index (χ4v) is 4.47. The zero-order valence-corrected chi connectivity index (χ0v) is 15.6. The molecule has 1 aliphatic heterocycles. The molecule has 4 nitrogen and oxygen atoms in total. The highest BCUT2D eigenvalue weighted by Gasteiger charge is 2.30. The minimum absolute atomic E-state index is 0.175. The lowest BCUT2D eigenvalue weighted by atomic mass is 9.95. The van der Waals surface area contributed by atoms with Gasteiger partial charge in [-0.1, -0.05) is 58.8 Å². The number of fused-ring (bicyclic) bond motifs is 1. The summed E-state index contributed by atoms with van der Waals surface area (Å²) < 4.78 is 1.43.